The smallest absolute Gasteiger partial charge is 0.354 e. The van der Waals surface area contributed by atoms with Crippen LogP contribution in [-0.4, -0.2) is 48.3 Å². The van der Waals surface area contributed by atoms with Gasteiger partial charge in [0.2, 0.25) is 0 Å². The van der Waals surface area contributed by atoms with Gasteiger partial charge < -0.3 is 9.80 Å². The van der Waals surface area contributed by atoms with Crippen molar-refractivity contribution < 1.29 is 13.2 Å². The first-order chi connectivity index (χ1) is 8.88. The maximum atomic E-state index is 12.4. The van der Waals surface area contributed by atoms with Crippen LogP contribution in [0.5, 0.6) is 0 Å². The molecule has 1 aliphatic rings. The summed E-state index contributed by atoms with van der Waals surface area (Å²) in [6, 6.07) is 2.63. The number of rotatable bonds is 2. The van der Waals surface area contributed by atoms with Gasteiger partial charge in [0.05, 0.1) is 0 Å². The number of anilines is 1. The summed E-state index contributed by atoms with van der Waals surface area (Å²) >= 11 is 0. The van der Waals surface area contributed by atoms with Gasteiger partial charge in [0.15, 0.2) is 11.5 Å². The molecule has 1 saturated heterocycles. The van der Waals surface area contributed by atoms with E-state index in [-0.39, 0.29) is 6.04 Å². The van der Waals surface area contributed by atoms with Gasteiger partial charge in [-0.2, -0.15) is 13.2 Å². The summed E-state index contributed by atoms with van der Waals surface area (Å²) in [5.41, 5.74) is -0.953. The van der Waals surface area contributed by atoms with Crippen LogP contribution in [-0.2, 0) is 6.18 Å². The van der Waals surface area contributed by atoms with Gasteiger partial charge in [-0.05, 0) is 38.6 Å². The normalized spacial score (nSPS) is 21.4. The van der Waals surface area contributed by atoms with Crippen molar-refractivity contribution in [3.8, 4) is 0 Å². The second-order valence-corrected chi connectivity index (χ2v) is 4.94. The van der Waals surface area contributed by atoms with Gasteiger partial charge in [-0.3, -0.25) is 0 Å². The van der Waals surface area contributed by atoms with Crippen molar-refractivity contribution in [2.24, 2.45) is 0 Å². The fourth-order valence-corrected chi connectivity index (χ4v) is 2.31. The first kappa shape index (κ1) is 14.0. The summed E-state index contributed by atoms with van der Waals surface area (Å²) in [5, 5.41) is 6.94. The summed E-state index contributed by atoms with van der Waals surface area (Å²) in [6.07, 6.45) is -2.34. The molecule has 0 aliphatic carbocycles. The number of nitrogens with zero attached hydrogens (tertiary/aromatic N) is 4. The van der Waals surface area contributed by atoms with Crippen molar-refractivity contribution >= 4 is 5.82 Å². The first-order valence-corrected chi connectivity index (χ1v) is 6.20. The Kier molecular flexibility index (Phi) is 3.93. The van der Waals surface area contributed by atoms with Crippen LogP contribution in [0.3, 0.4) is 0 Å². The van der Waals surface area contributed by atoms with E-state index in [0.29, 0.717) is 5.82 Å². The molecule has 1 aromatic heterocycles. The van der Waals surface area contributed by atoms with E-state index in [1.807, 2.05) is 19.0 Å². The van der Waals surface area contributed by atoms with Crippen LogP contribution < -0.4 is 4.90 Å². The van der Waals surface area contributed by atoms with Crippen molar-refractivity contribution in [3.05, 3.63) is 17.8 Å². The topological polar surface area (TPSA) is 32.3 Å². The second kappa shape index (κ2) is 5.32. The van der Waals surface area contributed by atoms with Gasteiger partial charge in [0.25, 0.3) is 0 Å². The molecular formula is C12H17F3N4. The lowest BCUT2D eigenvalue weighted by Crippen LogP contribution is -2.45. The number of likely N-dealkylation sites (tertiary alicyclic amines) is 1. The molecular weight excluding hydrogens is 257 g/mol. The number of halogens is 3. The average Bonchev–Trinajstić information content (AvgIpc) is 2.37. The standard InChI is InChI=1S/C12H17F3N4/c1-18-7-3-4-9(8-18)19(2)11-6-5-10(16-17-11)12(13,14)15/h5-6,9H,3-4,7-8H2,1-2H3/t9-/m1/s1. The van der Waals surface area contributed by atoms with Crippen molar-refractivity contribution in [2.45, 2.75) is 25.1 Å². The quantitative estimate of drug-likeness (QED) is 0.826. The largest absolute Gasteiger partial charge is 0.435 e. The van der Waals surface area contributed by atoms with Gasteiger partial charge in [-0.25, -0.2) is 0 Å². The van der Waals surface area contributed by atoms with Crippen molar-refractivity contribution in [2.75, 3.05) is 32.1 Å². The summed E-state index contributed by atoms with van der Waals surface area (Å²) in [6.45, 7) is 1.95. The lowest BCUT2D eigenvalue weighted by atomic mass is 10.1. The minimum Gasteiger partial charge on any atom is -0.354 e. The van der Waals surface area contributed by atoms with Gasteiger partial charge in [0.1, 0.15) is 0 Å². The van der Waals surface area contributed by atoms with Crippen molar-refractivity contribution in [1.82, 2.24) is 15.1 Å². The SMILES string of the molecule is CN1CCC[C@@H](N(C)c2ccc(C(F)(F)F)nn2)C1. The highest BCUT2D eigenvalue weighted by Crippen LogP contribution is 2.28. The molecule has 19 heavy (non-hydrogen) atoms. The van der Waals surface area contributed by atoms with Gasteiger partial charge in [0, 0.05) is 19.6 Å². The predicted molar refractivity (Wildman–Crippen MR) is 66.0 cm³/mol. The predicted octanol–water partition coefficient (Wildman–Crippen LogP) is 2.03. The molecule has 0 spiro atoms. The molecule has 1 atom stereocenters. The zero-order valence-corrected chi connectivity index (χ0v) is 11.0. The molecule has 0 saturated carbocycles. The summed E-state index contributed by atoms with van der Waals surface area (Å²) < 4.78 is 37.2. The Hall–Kier alpha value is -1.37. The molecule has 106 valence electrons. The maximum absolute atomic E-state index is 12.4. The lowest BCUT2D eigenvalue weighted by Gasteiger charge is -2.36. The maximum Gasteiger partial charge on any atom is 0.435 e. The number of piperidine rings is 1. The Bertz CT molecular complexity index is 418. The van der Waals surface area contributed by atoms with Crippen LogP contribution in [0.25, 0.3) is 0 Å². The Labute approximate surface area is 110 Å². The van der Waals surface area contributed by atoms with E-state index >= 15 is 0 Å². The van der Waals surface area contributed by atoms with Gasteiger partial charge in [-0.15, -0.1) is 10.2 Å². The molecule has 7 heteroatoms. The number of likely N-dealkylation sites (N-methyl/N-ethyl adjacent to an activating group) is 2. The molecule has 0 radical (unpaired) electrons. The van der Waals surface area contributed by atoms with Crippen molar-refractivity contribution in [1.29, 1.82) is 0 Å². The first-order valence-electron chi connectivity index (χ1n) is 6.20. The lowest BCUT2D eigenvalue weighted by molar-refractivity contribution is -0.141. The molecule has 2 heterocycles. The highest BCUT2D eigenvalue weighted by Gasteiger charge is 2.33. The summed E-state index contributed by atoms with van der Waals surface area (Å²) in [4.78, 5) is 4.12. The van der Waals surface area contributed by atoms with E-state index in [0.717, 1.165) is 32.0 Å². The van der Waals surface area contributed by atoms with E-state index in [1.165, 1.54) is 6.07 Å². The van der Waals surface area contributed by atoms with Crippen molar-refractivity contribution in [3.63, 3.8) is 0 Å². The Morgan fingerprint density at radius 2 is 2.05 bits per heavy atom. The molecule has 0 amide bonds. The molecule has 0 aromatic carbocycles. The zero-order valence-electron chi connectivity index (χ0n) is 11.0. The van der Waals surface area contributed by atoms with Crippen LogP contribution in [0, 0.1) is 0 Å². The third-order valence-corrected chi connectivity index (χ3v) is 3.45. The number of hydrogen-bond donors (Lipinski definition) is 0. The molecule has 1 fully saturated rings. The highest BCUT2D eigenvalue weighted by atomic mass is 19.4. The highest BCUT2D eigenvalue weighted by molar-refractivity contribution is 5.38. The molecule has 0 unspecified atom stereocenters. The third kappa shape index (κ3) is 3.34. The van der Waals surface area contributed by atoms with Crippen LogP contribution >= 0.6 is 0 Å². The van der Waals surface area contributed by atoms with Crippen LogP contribution in [0.4, 0.5) is 19.0 Å². The monoisotopic (exact) mass is 274 g/mol. The molecule has 2 rings (SSSR count). The van der Waals surface area contributed by atoms with Crippen LogP contribution in [0.2, 0.25) is 0 Å². The fraction of sp³-hybridized carbons (Fsp3) is 0.667. The minimum atomic E-state index is -4.44. The number of alkyl halides is 3. The van der Waals surface area contributed by atoms with E-state index in [2.05, 4.69) is 15.1 Å². The fourth-order valence-electron chi connectivity index (χ4n) is 2.31. The summed E-state index contributed by atoms with van der Waals surface area (Å²) in [5.74, 6) is 0.480. The van der Waals surface area contributed by atoms with E-state index < -0.39 is 11.9 Å². The zero-order chi connectivity index (χ0) is 14.0. The molecule has 1 aromatic rings. The minimum absolute atomic E-state index is 0.268. The molecule has 1 aliphatic heterocycles. The third-order valence-electron chi connectivity index (χ3n) is 3.45. The summed E-state index contributed by atoms with van der Waals surface area (Å²) in [7, 11) is 3.89. The number of aromatic nitrogens is 2. The van der Waals surface area contributed by atoms with E-state index in [9.17, 15) is 13.2 Å². The Morgan fingerprint density at radius 3 is 2.58 bits per heavy atom. The van der Waals surface area contributed by atoms with Crippen LogP contribution in [0.15, 0.2) is 12.1 Å². The molecule has 0 bridgehead atoms. The molecule has 0 N–H and O–H groups in total. The number of hydrogen-bond acceptors (Lipinski definition) is 4. The molecule has 4 nitrogen and oxygen atoms in total. The Balaban J connectivity index is 2.09. The average molecular weight is 274 g/mol. The van der Waals surface area contributed by atoms with E-state index in [4.69, 9.17) is 0 Å². The Morgan fingerprint density at radius 1 is 1.32 bits per heavy atom. The van der Waals surface area contributed by atoms with Gasteiger partial charge in [-0.1, -0.05) is 0 Å². The van der Waals surface area contributed by atoms with Gasteiger partial charge >= 0.3 is 6.18 Å². The van der Waals surface area contributed by atoms with E-state index in [1.54, 1.807) is 0 Å². The second-order valence-electron chi connectivity index (χ2n) is 4.94. The van der Waals surface area contributed by atoms with Crippen LogP contribution in [0.1, 0.15) is 18.5 Å².